The SMILES string of the molecule is CC(CC(F)(F)F)NCc1ccc(Cl)c(Cl)c1. The summed E-state index contributed by atoms with van der Waals surface area (Å²) in [7, 11) is 0. The molecule has 1 rings (SSSR count). The minimum absolute atomic E-state index is 0.328. The average Bonchev–Trinajstić information content (AvgIpc) is 2.17. The van der Waals surface area contributed by atoms with E-state index in [0.29, 0.717) is 16.6 Å². The van der Waals surface area contributed by atoms with E-state index in [9.17, 15) is 13.2 Å². The monoisotopic (exact) mass is 285 g/mol. The summed E-state index contributed by atoms with van der Waals surface area (Å²) in [4.78, 5) is 0. The first-order chi connectivity index (χ1) is 7.78. The van der Waals surface area contributed by atoms with Crippen LogP contribution in [0.1, 0.15) is 18.9 Å². The second kappa shape index (κ2) is 5.94. The van der Waals surface area contributed by atoms with Crippen LogP contribution in [0.25, 0.3) is 0 Å². The maximum Gasteiger partial charge on any atom is 0.390 e. The Morgan fingerprint density at radius 2 is 1.88 bits per heavy atom. The van der Waals surface area contributed by atoms with Crippen LogP contribution in [0, 0.1) is 0 Å². The van der Waals surface area contributed by atoms with E-state index < -0.39 is 18.6 Å². The normalized spacial score (nSPS) is 13.8. The fourth-order valence-electron chi connectivity index (χ4n) is 1.36. The molecule has 0 radical (unpaired) electrons. The summed E-state index contributed by atoms with van der Waals surface area (Å²) in [6, 6.07) is 4.35. The molecule has 0 fully saturated rings. The zero-order chi connectivity index (χ0) is 13.1. The Balaban J connectivity index is 2.47. The smallest absolute Gasteiger partial charge is 0.310 e. The van der Waals surface area contributed by atoms with Crippen LogP contribution >= 0.6 is 23.2 Å². The van der Waals surface area contributed by atoms with E-state index in [1.54, 1.807) is 18.2 Å². The first-order valence-electron chi connectivity index (χ1n) is 5.02. The third kappa shape index (κ3) is 5.61. The van der Waals surface area contributed by atoms with Gasteiger partial charge in [-0.05, 0) is 24.6 Å². The highest BCUT2D eigenvalue weighted by atomic mass is 35.5. The molecular formula is C11H12Cl2F3N. The van der Waals surface area contributed by atoms with Gasteiger partial charge in [-0.15, -0.1) is 0 Å². The van der Waals surface area contributed by atoms with E-state index in [-0.39, 0.29) is 0 Å². The number of nitrogens with one attached hydrogen (secondary N) is 1. The summed E-state index contributed by atoms with van der Waals surface area (Å²) in [5.41, 5.74) is 0.799. The van der Waals surface area contributed by atoms with Gasteiger partial charge >= 0.3 is 6.18 Å². The molecule has 0 spiro atoms. The summed E-state index contributed by atoms with van der Waals surface area (Å²) in [5, 5.41) is 3.61. The summed E-state index contributed by atoms with van der Waals surface area (Å²) < 4.78 is 36.2. The summed E-state index contributed by atoms with van der Waals surface area (Å²) in [5.74, 6) is 0. The van der Waals surface area contributed by atoms with Gasteiger partial charge < -0.3 is 5.32 Å². The molecule has 0 aliphatic rings. The molecule has 6 heteroatoms. The van der Waals surface area contributed by atoms with Crippen LogP contribution in [0.5, 0.6) is 0 Å². The minimum Gasteiger partial charge on any atom is -0.310 e. The number of benzene rings is 1. The van der Waals surface area contributed by atoms with E-state index in [1.807, 2.05) is 0 Å². The van der Waals surface area contributed by atoms with Crippen molar-refractivity contribution < 1.29 is 13.2 Å². The molecule has 1 aromatic rings. The Bertz CT molecular complexity index is 379. The molecule has 17 heavy (non-hydrogen) atoms. The van der Waals surface area contributed by atoms with Gasteiger partial charge in [0.15, 0.2) is 0 Å². The average molecular weight is 286 g/mol. The number of rotatable bonds is 4. The van der Waals surface area contributed by atoms with Crippen LogP contribution < -0.4 is 5.32 Å². The third-order valence-electron chi connectivity index (χ3n) is 2.18. The Hall–Kier alpha value is -0.450. The molecule has 0 saturated heterocycles. The molecule has 96 valence electrons. The van der Waals surface area contributed by atoms with Crippen LogP contribution in [0.4, 0.5) is 13.2 Å². The highest BCUT2D eigenvalue weighted by molar-refractivity contribution is 6.42. The number of hydrogen-bond donors (Lipinski definition) is 1. The number of alkyl halides is 3. The van der Waals surface area contributed by atoms with Crippen LogP contribution in [0.2, 0.25) is 10.0 Å². The molecule has 0 bridgehead atoms. The van der Waals surface area contributed by atoms with Crippen molar-refractivity contribution in [3.8, 4) is 0 Å². The number of hydrogen-bond acceptors (Lipinski definition) is 1. The first-order valence-corrected chi connectivity index (χ1v) is 5.77. The fraction of sp³-hybridized carbons (Fsp3) is 0.455. The lowest BCUT2D eigenvalue weighted by atomic mass is 10.2. The lowest BCUT2D eigenvalue weighted by Crippen LogP contribution is -2.30. The summed E-state index contributed by atoms with van der Waals surface area (Å²) >= 11 is 11.5. The molecule has 1 atom stereocenters. The van der Waals surface area contributed by atoms with Crippen molar-refractivity contribution in [3.05, 3.63) is 33.8 Å². The molecule has 0 aromatic heterocycles. The predicted molar refractivity (Wildman–Crippen MR) is 63.4 cm³/mol. The van der Waals surface area contributed by atoms with Crippen molar-refractivity contribution >= 4 is 23.2 Å². The van der Waals surface area contributed by atoms with Gasteiger partial charge in [0.25, 0.3) is 0 Å². The molecule has 1 aromatic carbocycles. The van der Waals surface area contributed by atoms with E-state index in [2.05, 4.69) is 5.32 Å². The summed E-state index contributed by atoms with van der Waals surface area (Å²) in [6.45, 7) is 1.82. The molecular weight excluding hydrogens is 274 g/mol. The lowest BCUT2D eigenvalue weighted by Gasteiger charge is -2.15. The highest BCUT2D eigenvalue weighted by Gasteiger charge is 2.29. The van der Waals surface area contributed by atoms with Gasteiger partial charge in [0, 0.05) is 12.6 Å². The largest absolute Gasteiger partial charge is 0.390 e. The van der Waals surface area contributed by atoms with Gasteiger partial charge in [0.2, 0.25) is 0 Å². The zero-order valence-electron chi connectivity index (χ0n) is 9.11. The molecule has 0 saturated carbocycles. The van der Waals surface area contributed by atoms with Crippen LogP contribution in [-0.2, 0) is 6.54 Å². The van der Waals surface area contributed by atoms with Crippen molar-refractivity contribution in [2.24, 2.45) is 0 Å². The van der Waals surface area contributed by atoms with Gasteiger partial charge in [-0.25, -0.2) is 0 Å². The van der Waals surface area contributed by atoms with Gasteiger partial charge in [-0.1, -0.05) is 29.3 Å². The maximum atomic E-state index is 12.1. The first kappa shape index (κ1) is 14.6. The van der Waals surface area contributed by atoms with Gasteiger partial charge in [-0.3, -0.25) is 0 Å². The molecule has 0 amide bonds. The zero-order valence-corrected chi connectivity index (χ0v) is 10.6. The highest BCUT2D eigenvalue weighted by Crippen LogP contribution is 2.23. The van der Waals surface area contributed by atoms with Crippen molar-refractivity contribution in [2.45, 2.75) is 32.1 Å². The Kier molecular flexibility index (Phi) is 5.10. The molecule has 0 heterocycles. The van der Waals surface area contributed by atoms with Crippen LogP contribution in [0.15, 0.2) is 18.2 Å². The number of halogens is 5. The molecule has 0 aliphatic carbocycles. The molecule has 1 N–H and O–H groups in total. The third-order valence-corrected chi connectivity index (χ3v) is 2.92. The second-order valence-electron chi connectivity index (χ2n) is 3.85. The van der Waals surface area contributed by atoms with E-state index in [1.165, 1.54) is 6.92 Å². The topological polar surface area (TPSA) is 12.0 Å². The Labute approximate surface area is 108 Å². The van der Waals surface area contributed by atoms with Gasteiger partial charge in [0.05, 0.1) is 16.5 Å². The second-order valence-corrected chi connectivity index (χ2v) is 4.66. The van der Waals surface area contributed by atoms with Crippen molar-refractivity contribution in [2.75, 3.05) is 0 Å². The maximum absolute atomic E-state index is 12.1. The predicted octanol–water partition coefficient (Wildman–Crippen LogP) is 4.42. The Morgan fingerprint density at radius 3 is 2.41 bits per heavy atom. The van der Waals surface area contributed by atoms with Gasteiger partial charge in [-0.2, -0.15) is 13.2 Å². The van der Waals surface area contributed by atoms with Crippen molar-refractivity contribution in [3.63, 3.8) is 0 Å². The molecule has 0 aliphatic heterocycles. The van der Waals surface area contributed by atoms with E-state index in [0.717, 1.165) is 5.56 Å². The standard InChI is InChI=1S/C11H12Cl2F3N/c1-7(5-11(14,15)16)17-6-8-2-3-9(12)10(13)4-8/h2-4,7,17H,5-6H2,1H3. The lowest BCUT2D eigenvalue weighted by molar-refractivity contribution is -0.139. The quantitative estimate of drug-likeness (QED) is 0.863. The Morgan fingerprint density at radius 1 is 1.24 bits per heavy atom. The molecule has 1 unspecified atom stereocenters. The van der Waals surface area contributed by atoms with Crippen molar-refractivity contribution in [1.29, 1.82) is 0 Å². The van der Waals surface area contributed by atoms with Crippen molar-refractivity contribution in [1.82, 2.24) is 5.32 Å². The molecule has 1 nitrogen and oxygen atoms in total. The van der Waals surface area contributed by atoms with Gasteiger partial charge in [0.1, 0.15) is 0 Å². The minimum atomic E-state index is -4.15. The van der Waals surface area contributed by atoms with E-state index >= 15 is 0 Å². The fourth-order valence-corrected chi connectivity index (χ4v) is 1.68. The summed E-state index contributed by atoms with van der Waals surface area (Å²) in [6.07, 6.45) is -5.00. The van der Waals surface area contributed by atoms with Crippen LogP contribution in [0.3, 0.4) is 0 Å². The van der Waals surface area contributed by atoms with Crippen LogP contribution in [-0.4, -0.2) is 12.2 Å². The van der Waals surface area contributed by atoms with E-state index in [4.69, 9.17) is 23.2 Å².